The monoisotopic (exact) mass is 398 g/mol. The van der Waals surface area contributed by atoms with Crippen LogP contribution in [0, 0.1) is 11.8 Å². The van der Waals surface area contributed by atoms with Crippen molar-refractivity contribution in [2.24, 2.45) is 11.8 Å². The van der Waals surface area contributed by atoms with Gasteiger partial charge in [-0.05, 0) is 30.3 Å². The predicted octanol–water partition coefficient (Wildman–Crippen LogP) is 5.73. The van der Waals surface area contributed by atoms with Crippen LogP contribution in [0.3, 0.4) is 0 Å². The van der Waals surface area contributed by atoms with Gasteiger partial charge in [-0.15, -0.1) is 0 Å². The van der Waals surface area contributed by atoms with Gasteiger partial charge in [-0.2, -0.15) is 22.2 Å². The molecule has 0 amide bonds. The molecular weight excluding hydrogens is 363 g/mol. The summed E-state index contributed by atoms with van der Waals surface area (Å²) in [6.07, 6.45) is 15.5. The molecule has 6 heteroatoms. The van der Waals surface area contributed by atoms with Gasteiger partial charge in [0, 0.05) is 14.2 Å². The largest absolute Gasteiger partial charge is 0.400 e. The van der Waals surface area contributed by atoms with Crippen LogP contribution in [0.15, 0.2) is 0 Å². The minimum Gasteiger partial charge on any atom is -0.400 e. The molecule has 2 rings (SSSR count). The molecule has 0 spiro atoms. The minimum atomic E-state index is -1.30. The standard InChI is InChI=1S/C10H22O2Si.C7H14Cl2Si/c1-11-13(12-2)9-8-10-6-4-3-5-7-10;8-10(9)6-7-4-2-1-3-5-7/h10,13H,3-9H2,1-2H3;7,10H,1-6H2. The SMILES string of the molecule is CO[SiH](CCC1CCCCC1)OC.Cl[SiH](Cl)CC1CCCCC1. The highest BCUT2D eigenvalue weighted by Gasteiger charge is 2.17. The van der Waals surface area contributed by atoms with E-state index in [4.69, 9.17) is 31.0 Å². The molecule has 0 aromatic heterocycles. The first-order valence-electron chi connectivity index (χ1n) is 9.49. The molecule has 2 aliphatic rings. The Kier molecular flexibility index (Phi) is 13.5. The van der Waals surface area contributed by atoms with Gasteiger partial charge in [-0.3, -0.25) is 0 Å². The summed E-state index contributed by atoms with van der Waals surface area (Å²) < 4.78 is 10.6. The maximum Gasteiger partial charge on any atom is 0.320 e. The number of halogens is 2. The van der Waals surface area contributed by atoms with Gasteiger partial charge in [-0.25, -0.2) is 0 Å². The van der Waals surface area contributed by atoms with Gasteiger partial charge < -0.3 is 8.85 Å². The van der Waals surface area contributed by atoms with Crippen LogP contribution < -0.4 is 0 Å². The van der Waals surface area contributed by atoms with Crippen LogP contribution in [0.2, 0.25) is 12.1 Å². The quantitative estimate of drug-likeness (QED) is 0.402. The van der Waals surface area contributed by atoms with E-state index in [1.807, 2.05) is 0 Å². The summed E-state index contributed by atoms with van der Waals surface area (Å²) in [4.78, 5) is 0. The highest BCUT2D eigenvalue weighted by molar-refractivity contribution is 7.33. The van der Waals surface area contributed by atoms with Crippen molar-refractivity contribution in [2.45, 2.75) is 82.7 Å². The van der Waals surface area contributed by atoms with Gasteiger partial charge in [0.15, 0.2) is 0 Å². The van der Waals surface area contributed by atoms with Crippen molar-refractivity contribution < 1.29 is 8.85 Å². The Morgan fingerprint density at radius 2 is 1.26 bits per heavy atom. The molecular formula is C17H36Cl2O2Si2. The first-order chi connectivity index (χ1) is 11.2. The van der Waals surface area contributed by atoms with Crippen molar-refractivity contribution >= 4 is 38.9 Å². The lowest BCUT2D eigenvalue weighted by atomic mass is 9.88. The average Bonchev–Trinajstić information content (AvgIpc) is 2.58. The average molecular weight is 400 g/mol. The molecule has 0 atom stereocenters. The van der Waals surface area contributed by atoms with Gasteiger partial charge in [0.25, 0.3) is 0 Å². The lowest BCUT2D eigenvalue weighted by Crippen LogP contribution is -2.20. The topological polar surface area (TPSA) is 18.5 Å². The fraction of sp³-hybridized carbons (Fsp3) is 1.00. The lowest BCUT2D eigenvalue weighted by molar-refractivity contribution is 0.267. The first-order valence-corrected chi connectivity index (χ1v) is 15.6. The highest BCUT2D eigenvalue weighted by Crippen LogP contribution is 2.29. The van der Waals surface area contributed by atoms with Crippen LogP contribution in [-0.2, 0) is 8.85 Å². The van der Waals surface area contributed by atoms with E-state index in [-0.39, 0.29) is 0 Å². The normalized spacial score (nSPS) is 20.6. The molecule has 0 heterocycles. The fourth-order valence-corrected chi connectivity index (χ4v) is 7.75. The summed E-state index contributed by atoms with van der Waals surface area (Å²) >= 11 is 11.6. The second-order valence-corrected chi connectivity index (χ2v) is 14.6. The first kappa shape index (κ1) is 22.0. The summed E-state index contributed by atoms with van der Waals surface area (Å²) in [6, 6.07) is 2.33. The third-order valence-electron chi connectivity index (χ3n) is 5.30. The van der Waals surface area contributed by atoms with E-state index >= 15 is 0 Å². The third kappa shape index (κ3) is 11.2. The Hall–Kier alpha value is 0.934. The van der Waals surface area contributed by atoms with E-state index in [0.717, 1.165) is 17.9 Å². The minimum absolute atomic E-state index is 0.875. The molecule has 0 saturated heterocycles. The fourth-order valence-electron chi connectivity index (χ4n) is 3.85. The van der Waals surface area contributed by atoms with Gasteiger partial charge in [0.2, 0.25) is 7.42 Å². The van der Waals surface area contributed by atoms with Crippen LogP contribution in [0.1, 0.15) is 70.6 Å². The Labute approximate surface area is 156 Å². The van der Waals surface area contributed by atoms with E-state index in [9.17, 15) is 0 Å². The zero-order valence-electron chi connectivity index (χ0n) is 15.1. The van der Waals surface area contributed by atoms with E-state index in [2.05, 4.69) is 0 Å². The molecule has 0 aromatic rings. The second kappa shape index (κ2) is 14.1. The van der Waals surface area contributed by atoms with E-state index in [0.29, 0.717) is 0 Å². The van der Waals surface area contributed by atoms with Crippen LogP contribution >= 0.6 is 22.2 Å². The van der Waals surface area contributed by atoms with Crippen LogP contribution in [0.4, 0.5) is 0 Å². The Morgan fingerprint density at radius 3 is 1.70 bits per heavy atom. The van der Waals surface area contributed by atoms with Gasteiger partial charge in [-0.1, -0.05) is 64.2 Å². The van der Waals surface area contributed by atoms with Gasteiger partial charge in [0.1, 0.15) is 0 Å². The van der Waals surface area contributed by atoms with Crippen LogP contribution in [-0.4, -0.2) is 30.9 Å². The van der Waals surface area contributed by atoms with Crippen LogP contribution in [0.5, 0.6) is 0 Å². The molecule has 138 valence electrons. The molecule has 0 N–H and O–H groups in total. The Bertz CT molecular complexity index is 267. The number of rotatable bonds is 7. The molecule has 2 fully saturated rings. The number of hydrogen-bond donors (Lipinski definition) is 0. The molecule has 0 unspecified atom stereocenters. The second-order valence-electron chi connectivity index (χ2n) is 7.11. The Morgan fingerprint density at radius 1 is 0.783 bits per heavy atom. The maximum atomic E-state index is 5.82. The molecule has 2 nitrogen and oxygen atoms in total. The van der Waals surface area contributed by atoms with Gasteiger partial charge in [0.05, 0.1) is 0 Å². The zero-order chi connectivity index (χ0) is 16.9. The molecule has 2 aliphatic carbocycles. The van der Waals surface area contributed by atoms with Crippen LogP contribution in [0.25, 0.3) is 0 Å². The number of hydrogen-bond acceptors (Lipinski definition) is 2. The van der Waals surface area contributed by atoms with E-state index in [1.165, 1.54) is 76.7 Å². The lowest BCUT2D eigenvalue weighted by Gasteiger charge is -2.22. The third-order valence-corrected chi connectivity index (χ3v) is 9.25. The van der Waals surface area contributed by atoms with Crippen molar-refractivity contribution in [3.05, 3.63) is 0 Å². The summed E-state index contributed by atoms with van der Waals surface area (Å²) in [5.74, 6) is 1.84. The molecule has 0 radical (unpaired) electrons. The summed E-state index contributed by atoms with van der Waals surface area (Å²) in [6.45, 7) is 0. The smallest absolute Gasteiger partial charge is 0.320 e. The van der Waals surface area contributed by atoms with Crippen molar-refractivity contribution in [2.75, 3.05) is 14.2 Å². The summed E-state index contributed by atoms with van der Waals surface area (Å²) in [5.41, 5.74) is 0. The van der Waals surface area contributed by atoms with Crippen molar-refractivity contribution in [1.82, 2.24) is 0 Å². The van der Waals surface area contributed by atoms with E-state index < -0.39 is 16.7 Å². The van der Waals surface area contributed by atoms with E-state index in [1.54, 1.807) is 14.2 Å². The maximum absolute atomic E-state index is 5.82. The van der Waals surface area contributed by atoms with Crippen molar-refractivity contribution in [3.8, 4) is 0 Å². The zero-order valence-corrected chi connectivity index (χ0v) is 18.9. The highest BCUT2D eigenvalue weighted by atomic mass is 35.7. The molecule has 23 heavy (non-hydrogen) atoms. The Balaban J connectivity index is 0.000000238. The molecule has 0 aromatic carbocycles. The summed E-state index contributed by atoms with van der Waals surface area (Å²) in [5, 5.41) is 0. The van der Waals surface area contributed by atoms with Crippen molar-refractivity contribution in [1.29, 1.82) is 0 Å². The predicted molar refractivity (Wildman–Crippen MR) is 107 cm³/mol. The molecule has 2 saturated carbocycles. The molecule has 0 aliphatic heterocycles. The van der Waals surface area contributed by atoms with Crippen molar-refractivity contribution in [3.63, 3.8) is 0 Å². The molecule has 0 bridgehead atoms. The summed E-state index contributed by atoms with van der Waals surface area (Å²) in [7, 11) is 0.996. The van der Waals surface area contributed by atoms with Gasteiger partial charge >= 0.3 is 9.28 Å².